The van der Waals surface area contributed by atoms with E-state index in [2.05, 4.69) is 25.7 Å². The second-order valence-corrected chi connectivity index (χ2v) is 4.89. The number of carboxylic acid groups (broad SMARTS) is 1. The van der Waals surface area contributed by atoms with Crippen LogP contribution < -0.4 is 5.32 Å². The zero-order valence-corrected chi connectivity index (χ0v) is 12.3. The van der Waals surface area contributed by atoms with E-state index in [-0.39, 0.29) is 6.04 Å². The lowest BCUT2D eigenvalue weighted by molar-refractivity contribution is -0.192. The minimum atomic E-state index is -5.08. The van der Waals surface area contributed by atoms with Gasteiger partial charge in [-0.05, 0) is 25.5 Å². The van der Waals surface area contributed by atoms with Crippen LogP contribution in [0.5, 0.6) is 0 Å². The SMILES string of the molecule is O=C(O)C(F)(F)F.c1cc(-c2nc(C3CCCCN3)no2)cnn1. The number of alkyl halides is 3. The van der Waals surface area contributed by atoms with Gasteiger partial charge < -0.3 is 14.9 Å². The monoisotopic (exact) mass is 345 g/mol. The van der Waals surface area contributed by atoms with Crippen molar-refractivity contribution in [3.05, 3.63) is 24.3 Å². The summed E-state index contributed by atoms with van der Waals surface area (Å²) in [6.07, 6.45) is 1.63. The van der Waals surface area contributed by atoms with Gasteiger partial charge in [0.05, 0.1) is 24.0 Å². The van der Waals surface area contributed by atoms with Crippen LogP contribution in [0.15, 0.2) is 23.0 Å². The number of nitrogens with one attached hydrogen (secondary N) is 1. The lowest BCUT2D eigenvalue weighted by atomic mass is 10.0. The van der Waals surface area contributed by atoms with E-state index in [1.165, 1.54) is 12.8 Å². The normalized spacial score (nSPS) is 17.7. The zero-order valence-electron chi connectivity index (χ0n) is 12.3. The molecule has 130 valence electrons. The maximum Gasteiger partial charge on any atom is 0.490 e. The topological polar surface area (TPSA) is 114 Å². The highest BCUT2D eigenvalue weighted by molar-refractivity contribution is 5.73. The van der Waals surface area contributed by atoms with Crippen molar-refractivity contribution in [3.8, 4) is 11.5 Å². The van der Waals surface area contributed by atoms with Gasteiger partial charge in [0, 0.05) is 0 Å². The van der Waals surface area contributed by atoms with Crippen LogP contribution >= 0.6 is 0 Å². The first-order chi connectivity index (χ1) is 11.4. The average Bonchev–Trinajstić information content (AvgIpc) is 3.06. The van der Waals surface area contributed by atoms with E-state index >= 15 is 0 Å². The molecule has 1 aliphatic heterocycles. The molecule has 2 aromatic heterocycles. The molecule has 3 heterocycles. The average molecular weight is 345 g/mol. The van der Waals surface area contributed by atoms with Crippen molar-refractivity contribution >= 4 is 5.97 Å². The van der Waals surface area contributed by atoms with E-state index in [4.69, 9.17) is 14.4 Å². The highest BCUT2D eigenvalue weighted by Gasteiger charge is 2.38. The third kappa shape index (κ3) is 4.98. The van der Waals surface area contributed by atoms with Crippen molar-refractivity contribution in [2.45, 2.75) is 31.5 Å². The summed E-state index contributed by atoms with van der Waals surface area (Å²) in [5, 5.41) is 22.0. The highest BCUT2D eigenvalue weighted by atomic mass is 19.4. The van der Waals surface area contributed by atoms with Gasteiger partial charge in [0.1, 0.15) is 0 Å². The fourth-order valence-electron chi connectivity index (χ4n) is 1.98. The Labute approximate surface area is 134 Å². The number of aliphatic carboxylic acids is 1. The third-order valence-electron chi connectivity index (χ3n) is 3.14. The van der Waals surface area contributed by atoms with Gasteiger partial charge in [-0.15, -0.1) is 0 Å². The largest absolute Gasteiger partial charge is 0.490 e. The molecule has 0 bridgehead atoms. The fourth-order valence-corrected chi connectivity index (χ4v) is 1.98. The molecule has 0 radical (unpaired) electrons. The number of aromatic nitrogens is 4. The van der Waals surface area contributed by atoms with Crippen LogP contribution in [0.4, 0.5) is 13.2 Å². The molecule has 3 rings (SSSR count). The Morgan fingerprint density at radius 1 is 1.33 bits per heavy atom. The molecule has 1 aliphatic rings. The van der Waals surface area contributed by atoms with E-state index in [9.17, 15) is 13.2 Å². The number of carboxylic acids is 1. The third-order valence-corrected chi connectivity index (χ3v) is 3.14. The molecular formula is C13H14F3N5O3. The van der Waals surface area contributed by atoms with Crippen molar-refractivity contribution in [2.75, 3.05) is 6.54 Å². The molecule has 2 aromatic rings. The molecule has 24 heavy (non-hydrogen) atoms. The lowest BCUT2D eigenvalue weighted by Gasteiger charge is -2.19. The molecule has 0 spiro atoms. The smallest absolute Gasteiger partial charge is 0.475 e. The quantitative estimate of drug-likeness (QED) is 0.849. The molecule has 0 aromatic carbocycles. The van der Waals surface area contributed by atoms with Crippen LogP contribution in [0.2, 0.25) is 0 Å². The second kappa shape index (κ2) is 7.81. The molecular weight excluding hydrogens is 331 g/mol. The Bertz CT molecular complexity index is 656. The minimum Gasteiger partial charge on any atom is -0.475 e. The molecule has 0 saturated carbocycles. The zero-order chi connectivity index (χ0) is 17.6. The fraction of sp³-hybridized carbons (Fsp3) is 0.462. The second-order valence-electron chi connectivity index (χ2n) is 4.89. The van der Waals surface area contributed by atoms with E-state index in [0.29, 0.717) is 5.89 Å². The Morgan fingerprint density at radius 3 is 2.62 bits per heavy atom. The van der Waals surface area contributed by atoms with E-state index in [0.717, 1.165) is 24.4 Å². The summed E-state index contributed by atoms with van der Waals surface area (Å²) in [6.45, 7) is 1.02. The molecule has 0 amide bonds. The number of rotatable bonds is 2. The van der Waals surface area contributed by atoms with Crippen LogP contribution in [0.3, 0.4) is 0 Å². The molecule has 2 N–H and O–H groups in total. The van der Waals surface area contributed by atoms with Crippen molar-refractivity contribution in [3.63, 3.8) is 0 Å². The number of hydrogen-bond acceptors (Lipinski definition) is 7. The van der Waals surface area contributed by atoms with Gasteiger partial charge in [-0.2, -0.15) is 28.4 Å². The van der Waals surface area contributed by atoms with Gasteiger partial charge in [-0.1, -0.05) is 11.6 Å². The maximum absolute atomic E-state index is 10.6. The van der Waals surface area contributed by atoms with E-state index in [1.54, 1.807) is 18.5 Å². The van der Waals surface area contributed by atoms with Crippen LogP contribution in [0.1, 0.15) is 31.1 Å². The van der Waals surface area contributed by atoms with Crippen LogP contribution in [-0.4, -0.2) is 44.1 Å². The van der Waals surface area contributed by atoms with E-state index < -0.39 is 12.1 Å². The molecule has 1 atom stereocenters. The van der Waals surface area contributed by atoms with Gasteiger partial charge in [0.25, 0.3) is 5.89 Å². The maximum atomic E-state index is 10.6. The predicted molar refractivity (Wildman–Crippen MR) is 73.6 cm³/mol. The highest BCUT2D eigenvalue weighted by Crippen LogP contribution is 2.23. The molecule has 11 heteroatoms. The first-order valence-electron chi connectivity index (χ1n) is 7.02. The van der Waals surface area contributed by atoms with Crippen LogP contribution in [0.25, 0.3) is 11.5 Å². The molecule has 8 nitrogen and oxygen atoms in total. The summed E-state index contributed by atoms with van der Waals surface area (Å²) in [7, 11) is 0. The number of carbonyl (C=O) groups is 1. The first-order valence-corrected chi connectivity index (χ1v) is 7.02. The summed E-state index contributed by atoms with van der Waals surface area (Å²) in [6, 6.07) is 2.02. The summed E-state index contributed by atoms with van der Waals surface area (Å²) in [5.74, 6) is -1.52. The van der Waals surface area contributed by atoms with Crippen LogP contribution in [0, 0.1) is 0 Å². The minimum absolute atomic E-state index is 0.219. The van der Waals surface area contributed by atoms with Crippen molar-refractivity contribution in [1.82, 2.24) is 25.7 Å². The van der Waals surface area contributed by atoms with Crippen LogP contribution in [-0.2, 0) is 4.79 Å². The standard InChI is InChI=1S/C11H13N5O.C2HF3O2/c1-2-5-12-9(3-1)10-15-11(17-16-10)8-4-6-13-14-7-8;3-2(4,5)1(6)7/h4,6-7,9,12H,1-3,5H2;(H,6,7). The number of halogens is 3. The Hall–Kier alpha value is -2.56. The van der Waals surface area contributed by atoms with Gasteiger partial charge in [-0.3, -0.25) is 0 Å². The van der Waals surface area contributed by atoms with E-state index in [1.807, 2.05) is 0 Å². The predicted octanol–water partition coefficient (Wildman–Crippen LogP) is 1.97. The van der Waals surface area contributed by atoms with Crippen molar-refractivity contribution in [1.29, 1.82) is 0 Å². The first kappa shape index (κ1) is 17.8. The van der Waals surface area contributed by atoms with Gasteiger partial charge in [0.2, 0.25) is 0 Å². The number of nitrogens with zero attached hydrogens (tertiary/aromatic N) is 4. The number of hydrogen-bond donors (Lipinski definition) is 2. The summed E-state index contributed by atoms with van der Waals surface area (Å²) >= 11 is 0. The molecule has 0 aliphatic carbocycles. The van der Waals surface area contributed by atoms with Gasteiger partial charge in [-0.25, -0.2) is 4.79 Å². The molecule has 1 fully saturated rings. The summed E-state index contributed by atoms with van der Waals surface area (Å²) < 4.78 is 37.0. The lowest BCUT2D eigenvalue weighted by Crippen LogP contribution is -2.27. The Kier molecular flexibility index (Phi) is 5.79. The number of piperidine rings is 1. The van der Waals surface area contributed by atoms with Gasteiger partial charge >= 0.3 is 12.1 Å². The molecule has 1 saturated heterocycles. The Balaban J connectivity index is 0.000000256. The van der Waals surface area contributed by atoms with Crippen molar-refractivity contribution in [2.24, 2.45) is 0 Å². The summed E-state index contributed by atoms with van der Waals surface area (Å²) in [5.41, 5.74) is 0.801. The van der Waals surface area contributed by atoms with Gasteiger partial charge in [0.15, 0.2) is 5.82 Å². The summed E-state index contributed by atoms with van der Waals surface area (Å²) in [4.78, 5) is 13.3. The Morgan fingerprint density at radius 2 is 2.08 bits per heavy atom. The van der Waals surface area contributed by atoms with Crippen molar-refractivity contribution < 1.29 is 27.6 Å². The molecule has 1 unspecified atom stereocenters.